The third-order valence-corrected chi connectivity index (χ3v) is 5.50. The Labute approximate surface area is 195 Å². The second kappa shape index (κ2) is 10.0. The molecule has 1 heterocycles. The number of fused-ring (bicyclic) bond motifs is 1. The Morgan fingerprint density at radius 3 is 2.87 bits per heavy atom. The van der Waals surface area contributed by atoms with Crippen LogP contribution in [0, 0.1) is 14.9 Å². The molecule has 3 aromatic rings. The fourth-order valence-corrected chi connectivity index (χ4v) is 4.02. The van der Waals surface area contributed by atoms with Crippen LogP contribution in [0.25, 0.3) is 10.9 Å². The van der Waals surface area contributed by atoms with E-state index in [1.165, 1.54) is 11.8 Å². The second-order valence-corrected chi connectivity index (χ2v) is 8.36. The van der Waals surface area contributed by atoms with Gasteiger partial charge >= 0.3 is 0 Å². The van der Waals surface area contributed by atoms with Crippen molar-refractivity contribution in [1.82, 2.24) is 9.66 Å². The molecule has 0 N–H and O–H groups in total. The Kier molecular flexibility index (Phi) is 7.44. The number of nitrogens with zero attached hydrogens (tertiary/aromatic N) is 4. The molecule has 0 fully saturated rings. The van der Waals surface area contributed by atoms with Crippen molar-refractivity contribution in [3.8, 4) is 17.6 Å². The fraction of sp³-hybridized carbons (Fsp3) is 0.238. The zero-order valence-electron chi connectivity index (χ0n) is 16.4. The predicted molar refractivity (Wildman–Crippen MR) is 128 cm³/mol. The van der Waals surface area contributed by atoms with Crippen LogP contribution < -0.4 is 15.0 Å². The van der Waals surface area contributed by atoms with Gasteiger partial charge in [0.25, 0.3) is 5.56 Å². The van der Waals surface area contributed by atoms with E-state index in [0.717, 1.165) is 20.0 Å². The number of methoxy groups -OCH3 is 1. The zero-order chi connectivity index (χ0) is 21.7. The van der Waals surface area contributed by atoms with Crippen LogP contribution >= 0.6 is 38.5 Å². The molecule has 9 heteroatoms. The standard InChI is InChI=1S/C21H18BrIN4O3/c1-3-4-19-26-17-6-5-14(22)11-15(17)21(28)27(19)25-12-13-9-16(23)20(30-8-7-24)18(10-13)29-2/h5-6,9-12H,3-4,8H2,1-2H3. The first-order valence-electron chi connectivity index (χ1n) is 9.11. The van der Waals surface area contributed by atoms with Crippen LogP contribution in [0.1, 0.15) is 24.7 Å². The van der Waals surface area contributed by atoms with E-state index in [1.54, 1.807) is 18.3 Å². The molecule has 0 unspecified atom stereocenters. The minimum atomic E-state index is -0.225. The third kappa shape index (κ3) is 4.82. The van der Waals surface area contributed by atoms with E-state index in [4.69, 9.17) is 14.7 Å². The quantitative estimate of drug-likeness (QED) is 0.303. The molecule has 0 amide bonds. The lowest BCUT2D eigenvalue weighted by Gasteiger charge is -2.12. The van der Waals surface area contributed by atoms with Gasteiger partial charge in [0.2, 0.25) is 0 Å². The number of hydrogen-bond acceptors (Lipinski definition) is 6. The number of benzene rings is 2. The number of hydrogen-bond donors (Lipinski definition) is 0. The average molecular weight is 581 g/mol. The number of nitriles is 1. The first-order chi connectivity index (χ1) is 14.5. The van der Waals surface area contributed by atoms with Crippen LogP contribution in [0.5, 0.6) is 11.5 Å². The molecule has 30 heavy (non-hydrogen) atoms. The summed E-state index contributed by atoms with van der Waals surface area (Å²) in [4.78, 5) is 17.7. The summed E-state index contributed by atoms with van der Waals surface area (Å²) in [6.07, 6.45) is 3.05. The van der Waals surface area contributed by atoms with Crippen molar-refractivity contribution in [2.24, 2.45) is 5.10 Å². The molecule has 0 saturated heterocycles. The van der Waals surface area contributed by atoms with Gasteiger partial charge in [-0.25, -0.2) is 4.98 Å². The van der Waals surface area contributed by atoms with Crippen LogP contribution in [-0.4, -0.2) is 29.6 Å². The van der Waals surface area contributed by atoms with Crippen molar-refractivity contribution in [1.29, 1.82) is 5.26 Å². The van der Waals surface area contributed by atoms with Gasteiger partial charge in [-0.3, -0.25) is 4.79 Å². The van der Waals surface area contributed by atoms with Crippen LogP contribution in [0.2, 0.25) is 0 Å². The van der Waals surface area contributed by atoms with E-state index in [9.17, 15) is 4.79 Å². The van der Waals surface area contributed by atoms with Crippen LogP contribution in [-0.2, 0) is 6.42 Å². The molecule has 0 aliphatic rings. The van der Waals surface area contributed by atoms with Crippen LogP contribution in [0.4, 0.5) is 0 Å². The number of aromatic nitrogens is 2. The average Bonchev–Trinajstić information content (AvgIpc) is 2.73. The molecule has 0 bridgehead atoms. The van der Waals surface area contributed by atoms with Crippen molar-refractivity contribution < 1.29 is 9.47 Å². The summed E-state index contributed by atoms with van der Waals surface area (Å²) in [5.74, 6) is 1.59. The molecule has 0 aliphatic heterocycles. The number of halogens is 2. The third-order valence-electron chi connectivity index (χ3n) is 4.20. The highest BCUT2D eigenvalue weighted by molar-refractivity contribution is 14.1. The maximum atomic E-state index is 13.1. The van der Waals surface area contributed by atoms with E-state index in [2.05, 4.69) is 48.6 Å². The van der Waals surface area contributed by atoms with Gasteiger partial charge in [0.1, 0.15) is 11.9 Å². The molecule has 0 saturated carbocycles. The Balaban J connectivity index is 2.08. The van der Waals surface area contributed by atoms with E-state index in [0.29, 0.717) is 34.6 Å². The van der Waals surface area contributed by atoms with Crippen LogP contribution in [0.3, 0.4) is 0 Å². The molecule has 1 aromatic heterocycles. The van der Waals surface area contributed by atoms with Gasteiger partial charge < -0.3 is 9.47 Å². The highest BCUT2D eigenvalue weighted by Crippen LogP contribution is 2.33. The van der Waals surface area contributed by atoms with Gasteiger partial charge in [-0.05, 0) is 64.9 Å². The maximum absolute atomic E-state index is 13.1. The van der Waals surface area contributed by atoms with Gasteiger partial charge in [0.15, 0.2) is 18.1 Å². The van der Waals surface area contributed by atoms with Gasteiger partial charge in [-0.15, -0.1) is 0 Å². The Hall–Kier alpha value is -2.45. The van der Waals surface area contributed by atoms with Crippen molar-refractivity contribution >= 4 is 55.6 Å². The smallest absolute Gasteiger partial charge is 0.282 e. The predicted octanol–water partition coefficient (Wildman–Crippen LogP) is 4.51. The lowest BCUT2D eigenvalue weighted by molar-refractivity contribution is 0.327. The Bertz CT molecular complexity index is 1220. The first-order valence-corrected chi connectivity index (χ1v) is 11.0. The lowest BCUT2D eigenvalue weighted by atomic mass is 10.2. The highest BCUT2D eigenvalue weighted by atomic mass is 127. The molecular weight excluding hydrogens is 563 g/mol. The Morgan fingerprint density at radius 1 is 1.37 bits per heavy atom. The molecule has 2 aromatic carbocycles. The number of rotatable bonds is 7. The lowest BCUT2D eigenvalue weighted by Crippen LogP contribution is -2.22. The normalized spacial score (nSPS) is 11.0. The molecule has 0 spiro atoms. The van der Waals surface area contributed by atoms with E-state index in [-0.39, 0.29) is 12.2 Å². The largest absolute Gasteiger partial charge is 0.493 e. The molecule has 154 valence electrons. The molecule has 3 rings (SSSR count). The summed E-state index contributed by atoms with van der Waals surface area (Å²) in [7, 11) is 1.53. The van der Waals surface area contributed by atoms with E-state index >= 15 is 0 Å². The molecule has 0 radical (unpaired) electrons. The summed E-state index contributed by atoms with van der Waals surface area (Å²) in [6, 6.07) is 11.0. The second-order valence-electron chi connectivity index (χ2n) is 6.28. The van der Waals surface area contributed by atoms with Crippen molar-refractivity contribution in [3.63, 3.8) is 0 Å². The summed E-state index contributed by atoms with van der Waals surface area (Å²) in [5, 5.41) is 13.7. The SMILES string of the molecule is CCCc1nc2ccc(Br)cc2c(=O)n1N=Cc1cc(I)c(OCC#N)c(OC)c1. The molecule has 0 aliphatic carbocycles. The number of ether oxygens (including phenoxy) is 2. The van der Waals surface area contributed by atoms with Gasteiger partial charge in [0, 0.05) is 10.9 Å². The topological polar surface area (TPSA) is 89.5 Å². The van der Waals surface area contributed by atoms with Crippen molar-refractivity contribution in [2.45, 2.75) is 19.8 Å². The minimum absolute atomic E-state index is 0.0755. The van der Waals surface area contributed by atoms with Crippen molar-refractivity contribution in [3.05, 3.63) is 60.1 Å². The van der Waals surface area contributed by atoms with Crippen LogP contribution in [0.15, 0.2) is 44.7 Å². The Morgan fingerprint density at radius 2 is 2.17 bits per heavy atom. The first kappa shape index (κ1) is 22.2. The molecular formula is C21H18BrIN4O3. The van der Waals surface area contributed by atoms with Gasteiger partial charge in [-0.1, -0.05) is 22.9 Å². The van der Waals surface area contributed by atoms with E-state index < -0.39 is 0 Å². The van der Waals surface area contributed by atoms with Crippen molar-refractivity contribution in [2.75, 3.05) is 13.7 Å². The summed E-state index contributed by atoms with van der Waals surface area (Å²) >= 11 is 5.51. The fourth-order valence-electron chi connectivity index (χ4n) is 2.88. The zero-order valence-corrected chi connectivity index (χ0v) is 20.1. The summed E-state index contributed by atoms with van der Waals surface area (Å²) in [5.41, 5.74) is 1.15. The maximum Gasteiger partial charge on any atom is 0.282 e. The molecule has 0 atom stereocenters. The minimum Gasteiger partial charge on any atom is -0.493 e. The number of aryl methyl sites for hydroxylation is 1. The van der Waals surface area contributed by atoms with E-state index in [1.807, 2.05) is 31.2 Å². The van der Waals surface area contributed by atoms with Gasteiger partial charge in [0.05, 0.1) is 27.8 Å². The highest BCUT2D eigenvalue weighted by Gasteiger charge is 2.13. The summed E-state index contributed by atoms with van der Waals surface area (Å²) in [6.45, 7) is 1.95. The molecule has 7 nitrogen and oxygen atoms in total. The van der Waals surface area contributed by atoms with Gasteiger partial charge in [-0.2, -0.15) is 15.0 Å². The summed E-state index contributed by atoms with van der Waals surface area (Å²) < 4.78 is 13.8. The monoisotopic (exact) mass is 580 g/mol.